The Kier molecular flexibility index (Phi) is 5.34. The molecule has 4 nitrogen and oxygen atoms in total. The minimum atomic E-state index is 0.00305. The van der Waals surface area contributed by atoms with E-state index in [2.05, 4.69) is 10.3 Å². The molecule has 0 bridgehead atoms. The van der Waals surface area contributed by atoms with Crippen LogP contribution in [0, 0.1) is 6.92 Å². The molecule has 1 fully saturated rings. The summed E-state index contributed by atoms with van der Waals surface area (Å²) >= 11 is 0. The lowest BCUT2D eigenvalue weighted by molar-refractivity contribution is 0.0929. The standard InChI is InChI=1S/C20H26N2O2/c1-14-18(12-15-10-11-17(24-2)13-19(15)21-14)20(23)22-16-8-6-4-3-5-7-9-16/h10-13,16H,3-9H2,1-2H3,(H,22,23). The molecule has 0 aliphatic heterocycles. The molecule has 1 aliphatic rings. The van der Waals surface area contributed by atoms with Gasteiger partial charge in [0.05, 0.1) is 23.9 Å². The number of ether oxygens (including phenoxy) is 1. The number of nitrogens with one attached hydrogen (secondary N) is 1. The van der Waals surface area contributed by atoms with E-state index in [1.54, 1.807) is 7.11 Å². The first-order valence-corrected chi connectivity index (χ1v) is 8.93. The number of benzene rings is 1. The monoisotopic (exact) mass is 326 g/mol. The molecule has 1 saturated carbocycles. The Bertz CT molecular complexity index is 719. The fourth-order valence-corrected chi connectivity index (χ4v) is 3.46. The molecule has 1 N–H and O–H groups in total. The summed E-state index contributed by atoms with van der Waals surface area (Å²) in [5.41, 5.74) is 2.29. The van der Waals surface area contributed by atoms with Gasteiger partial charge < -0.3 is 10.1 Å². The number of carbonyl (C=O) groups is 1. The molecule has 1 amide bonds. The molecule has 3 rings (SSSR count). The van der Waals surface area contributed by atoms with Crippen molar-refractivity contribution in [2.45, 2.75) is 57.9 Å². The van der Waals surface area contributed by atoms with Gasteiger partial charge in [0.25, 0.3) is 5.91 Å². The van der Waals surface area contributed by atoms with Crippen LogP contribution in [0.1, 0.15) is 61.0 Å². The van der Waals surface area contributed by atoms with E-state index in [1.807, 2.05) is 31.2 Å². The Morgan fingerprint density at radius 3 is 2.54 bits per heavy atom. The van der Waals surface area contributed by atoms with Crippen molar-refractivity contribution >= 4 is 16.8 Å². The van der Waals surface area contributed by atoms with Crippen LogP contribution in [0.5, 0.6) is 5.75 Å². The predicted molar refractivity (Wildman–Crippen MR) is 96.6 cm³/mol. The number of carbonyl (C=O) groups excluding carboxylic acids is 1. The van der Waals surface area contributed by atoms with Crippen LogP contribution in [-0.2, 0) is 0 Å². The molecular weight excluding hydrogens is 300 g/mol. The number of fused-ring (bicyclic) bond motifs is 1. The van der Waals surface area contributed by atoms with E-state index in [0.29, 0.717) is 11.6 Å². The van der Waals surface area contributed by atoms with Gasteiger partial charge >= 0.3 is 0 Å². The van der Waals surface area contributed by atoms with Gasteiger partial charge in [0.1, 0.15) is 5.75 Å². The highest BCUT2D eigenvalue weighted by atomic mass is 16.5. The Morgan fingerprint density at radius 2 is 1.83 bits per heavy atom. The molecule has 1 aromatic heterocycles. The number of aryl methyl sites for hydroxylation is 1. The lowest BCUT2D eigenvalue weighted by atomic mass is 9.96. The number of amides is 1. The highest BCUT2D eigenvalue weighted by Crippen LogP contribution is 2.22. The number of methoxy groups -OCH3 is 1. The maximum absolute atomic E-state index is 12.7. The van der Waals surface area contributed by atoms with Gasteiger partial charge in [0, 0.05) is 17.5 Å². The topological polar surface area (TPSA) is 51.2 Å². The maximum atomic E-state index is 12.7. The first kappa shape index (κ1) is 16.7. The lowest BCUT2D eigenvalue weighted by Crippen LogP contribution is -2.35. The molecule has 0 unspecified atom stereocenters. The second-order valence-electron chi connectivity index (χ2n) is 6.70. The smallest absolute Gasteiger partial charge is 0.253 e. The first-order valence-electron chi connectivity index (χ1n) is 8.93. The van der Waals surface area contributed by atoms with Gasteiger partial charge in [-0.2, -0.15) is 0 Å². The summed E-state index contributed by atoms with van der Waals surface area (Å²) in [7, 11) is 1.64. The van der Waals surface area contributed by atoms with Crippen LogP contribution in [-0.4, -0.2) is 24.0 Å². The van der Waals surface area contributed by atoms with Crippen molar-refractivity contribution in [2.75, 3.05) is 7.11 Å². The summed E-state index contributed by atoms with van der Waals surface area (Å²) in [6.45, 7) is 1.89. The van der Waals surface area contributed by atoms with Crippen LogP contribution in [0.3, 0.4) is 0 Å². The third kappa shape index (κ3) is 3.86. The third-order valence-corrected chi connectivity index (χ3v) is 4.90. The number of rotatable bonds is 3. The maximum Gasteiger partial charge on any atom is 0.253 e. The number of aromatic nitrogens is 1. The van der Waals surface area contributed by atoms with E-state index in [-0.39, 0.29) is 5.91 Å². The minimum absolute atomic E-state index is 0.00305. The molecule has 24 heavy (non-hydrogen) atoms. The highest BCUT2D eigenvalue weighted by Gasteiger charge is 2.17. The molecule has 0 atom stereocenters. The largest absolute Gasteiger partial charge is 0.497 e. The van der Waals surface area contributed by atoms with Crippen molar-refractivity contribution in [3.63, 3.8) is 0 Å². The summed E-state index contributed by atoms with van der Waals surface area (Å²) in [6, 6.07) is 7.99. The fraction of sp³-hybridized carbons (Fsp3) is 0.500. The zero-order valence-corrected chi connectivity index (χ0v) is 14.6. The predicted octanol–water partition coefficient (Wildman–Crippen LogP) is 4.39. The van der Waals surface area contributed by atoms with Crippen LogP contribution in [0.15, 0.2) is 24.3 Å². The van der Waals surface area contributed by atoms with Crippen molar-refractivity contribution in [1.82, 2.24) is 10.3 Å². The summed E-state index contributed by atoms with van der Waals surface area (Å²) in [5, 5.41) is 4.19. The van der Waals surface area contributed by atoms with Crippen molar-refractivity contribution in [3.05, 3.63) is 35.5 Å². The molecule has 4 heteroatoms. The van der Waals surface area contributed by atoms with Gasteiger partial charge in [-0.25, -0.2) is 0 Å². The molecule has 0 spiro atoms. The van der Waals surface area contributed by atoms with Crippen LogP contribution in [0.25, 0.3) is 10.9 Å². The second kappa shape index (κ2) is 7.65. The van der Waals surface area contributed by atoms with Gasteiger partial charge in [-0.05, 0) is 38.0 Å². The quantitative estimate of drug-likeness (QED) is 0.910. The van der Waals surface area contributed by atoms with Crippen molar-refractivity contribution < 1.29 is 9.53 Å². The van der Waals surface area contributed by atoms with Gasteiger partial charge in [0.2, 0.25) is 0 Å². The average molecular weight is 326 g/mol. The van der Waals surface area contributed by atoms with Gasteiger partial charge in [-0.3, -0.25) is 9.78 Å². The summed E-state index contributed by atoms with van der Waals surface area (Å²) < 4.78 is 5.24. The first-order chi connectivity index (χ1) is 11.7. The van der Waals surface area contributed by atoms with E-state index in [9.17, 15) is 4.79 Å². The average Bonchev–Trinajstić information content (AvgIpc) is 2.55. The molecule has 2 aromatic rings. The number of hydrogen-bond acceptors (Lipinski definition) is 3. The third-order valence-electron chi connectivity index (χ3n) is 4.90. The fourth-order valence-electron chi connectivity index (χ4n) is 3.46. The van der Waals surface area contributed by atoms with E-state index in [4.69, 9.17) is 4.74 Å². The SMILES string of the molecule is COc1ccc2cc(C(=O)NC3CCCCCCC3)c(C)nc2c1. The van der Waals surface area contributed by atoms with Crippen LogP contribution in [0.2, 0.25) is 0 Å². The van der Waals surface area contributed by atoms with Crippen LogP contribution >= 0.6 is 0 Å². The normalized spacial score (nSPS) is 16.4. The molecule has 0 radical (unpaired) electrons. The van der Waals surface area contributed by atoms with E-state index in [1.165, 1.54) is 32.1 Å². The van der Waals surface area contributed by atoms with Gasteiger partial charge in [-0.1, -0.05) is 32.1 Å². The second-order valence-corrected chi connectivity index (χ2v) is 6.70. The molecule has 128 valence electrons. The number of hydrogen-bond donors (Lipinski definition) is 1. The van der Waals surface area contributed by atoms with E-state index >= 15 is 0 Å². The Labute approximate surface area is 143 Å². The summed E-state index contributed by atoms with van der Waals surface area (Å²) in [4.78, 5) is 17.3. The van der Waals surface area contributed by atoms with E-state index in [0.717, 1.165) is 35.2 Å². The lowest BCUT2D eigenvalue weighted by Gasteiger charge is -2.21. The van der Waals surface area contributed by atoms with Crippen molar-refractivity contribution in [3.8, 4) is 5.75 Å². The molecule has 1 aliphatic carbocycles. The molecular formula is C20H26N2O2. The Hall–Kier alpha value is -2.10. The van der Waals surface area contributed by atoms with Gasteiger partial charge in [0.15, 0.2) is 0 Å². The molecule has 0 saturated heterocycles. The highest BCUT2D eigenvalue weighted by molar-refractivity contribution is 5.98. The van der Waals surface area contributed by atoms with Crippen LogP contribution < -0.4 is 10.1 Å². The van der Waals surface area contributed by atoms with Gasteiger partial charge in [-0.15, -0.1) is 0 Å². The Morgan fingerprint density at radius 1 is 1.12 bits per heavy atom. The number of pyridine rings is 1. The van der Waals surface area contributed by atoms with Crippen LogP contribution in [0.4, 0.5) is 0 Å². The zero-order valence-electron chi connectivity index (χ0n) is 14.6. The minimum Gasteiger partial charge on any atom is -0.497 e. The van der Waals surface area contributed by atoms with E-state index < -0.39 is 0 Å². The zero-order chi connectivity index (χ0) is 16.9. The molecule has 1 aromatic carbocycles. The van der Waals surface area contributed by atoms with Crippen molar-refractivity contribution in [1.29, 1.82) is 0 Å². The summed E-state index contributed by atoms with van der Waals surface area (Å²) in [6.07, 6.45) is 8.48. The Balaban J connectivity index is 1.79. The molecule has 1 heterocycles. The van der Waals surface area contributed by atoms with Crippen molar-refractivity contribution in [2.24, 2.45) is 0 Å². The number of nitrogens with zero attached hydrogens (tertiary/aromatic N) is 1. The summed E-state index contributed by atoms with van der Waals surface area (Å²) in [5.74, 6) is 0.782.